The van der Waals surface area contributed by atoms with Gasteiger partial charge in [0.1, 0.15) is 0 Å². The minimum Gasteiger partial charge on any atom is -0.478 e. The van der Waals surface area contributed by atoms with Crippen LogP contribution in [-0.2, 0) is 6.42 Å². The van der Waals surface area contributed by atoms with Gasteiger partial charge in [-0.2, -0.15) is 0 Å². The van der Waals surface area contributed by atoms with Gasteiger partial charge in [0.25, 0.3) is 0 Å². The lowest BCUT2D eigenvalue weighted by molar-refractivity contribution is 0.0697. The normalized spacial score (nSPS) is 17.1. The van der Waals surface area contributed by atoms with Crippen molar-refractivity contribution in [1.29, 1.82) is 0 Å². The Morgan fingerprint density at radius 1 is 1.25 bits per heavy atom. The summed E-state index contributed by atoms with van der Waals surface area (Å²) < 4.78 is 0.883. The Balaban J connectivity index is 2.18. The van der Waals surface area contributed by atoms with Crippen LogP contribution < -0.4 is 4.90 Å². The van der Waals surface area contributed by atoms with Crippen LogP contribution >= 0.6 is 15.9 Å². The van der Waals surface area contributed by atoms with E-state index in [-0.39, 0.29) is 6.04 Å². The molecule has 1 heterocycles. The fourth-order valence-corrected chi connectivity index (χ4v) is 3.17. The third-order valence-corrected chi connectivity index (χ3v) is 4.15. The first-order valence-electron chi connectivity index (χ1n) is 6.48. The third-order valence-electron chi connectivity index (χ3n) is 3.66. The van der Waals surface area contributed by atoms with E-state index in [1.165, 1.54) is 5.56 Å². The number of aromatic carboxylic acids is 1. The van der Waals surface area contributed by atoms with E-state index in [9.17, 15) is 9.90 Å². The first-order chi connectivity index (χ1) is 9.58. The predicted octanol–water partition coefficient (Wildman–Crippen LogP) is 4.23. The van der Waals surface area contributed by atoms with Crippen molar-refractivity contribution in [3.05, 3.63) is 58.1 Å². The van der Waals surface area contributed by atoms with E-state index in [1.54, 1.807) is 12.1 Å². The minimum absolute atomic E-state index is 0.250. The number of fused-ring (bicyclic) bond motifs is 1. The van der Waals surface area contributed by atoms with E-state index in [4.69, 9.17) is 0 Å². The second-order valence-electron chi connectivity index (χ2n) is 5.02. The average Bonchev–Trinajstić information content (AvgIpc) is 2.73. The fourth-order valence-electron chi connectivity index (χ4n) is 2.82. The quantitative estimate of drug-likeness (QED) is 0.895. The van der Waals surface area contributed by atoms with Gasteiger partial charge in [-0.1, -0.05) is 34.1 Å². The van der Waals surface area contributed by atoms with Crippen molar-refractivity contribution in [2.75, 3.05) is 4.90 Å². The van der Waals surface area contributed by atoms with Gasteiger partial charge in [0.15, 0.2) is 0 Å². The van der Waals surface area contributed by atoms with E-state index in [0.29, 0.717) is 5.56 Å². The molecule has 1 aliphatic heterocycles. The maximum absolute atomic E-state index is 11.5. The Morgan fingerprint density at radius 3 is 2.75 bits per heavy atom. The molecule has 2 aromatic rings. The summed E-state index contributed by atoms with van der Waals surface area (Å²) >= 11 is 3.43. The lowest BCUT2D eigenvalue weighted by Gasteiger charge is -2.26. The van der Waals surface area contributed by atoms with E-state index in [0.717, 1.165) is 22.3 Å². The van der Waals surface area contributed by atoms with Crippen molar-refractivity contribution in [3.8, 4) is 0 Å². The summed E-state index contributed by atoms with van der Waals surface area (Å²) in [7, 11) is 0. The standard InChI is InChI=1S/C16H14BrNO2/c1-10-8-11-4-2-3-5-14(11)18(10)15-9-12(17)6-7-13(15)16(19)20/h2-7,9-10H,8H2,1H3,(H,19,20). The van der Waals surface area contributed by atoms with E-state index in [2.05, 4.69) is 33.8 Å². The van der Waals surface area contributed by atoms with Crippen molar-refractivity contribution in [2.24, 2.45) is 0 Å². The zero-order chi connectivity index (χ0) is 14.3. The number of hydrogen-bond donors (Lipinski definition) is 1. The molecular formula is C16H14BrNO2. The highest BCUT2D eigenvalue weighted by Gasteiger charge is 2.29. The number of anilines is 2. The summed E-state index contributed by atoms with van der Waals surface area (Å²) in [4.78, 5) is 13.6. The summed E-state index contributed by atoms with van der Waals surface area (Å²) in [5, 5.41) is 9.41. The van der Waals surface area contributed by atoms with Crippen LogP contribution in [0.1, 0.15) is 22.8 Å². The van der Waals surface area contributed by atoms with Gasteiger partial charge in [-0.25, -0.2) is 4.79 Å². The van der Waals surface area contributed by atoms with Gasteiger partial charge in [0, 0.05) is 16.2 Å². The van der Waals surface area contributed by atoms with E-state index in [1.807, 2.05) is 24.3 Å². The topological polar surface area (TPSA) is 40.5 Å². The van der Waals surface area contributed by atoms with Crippen molar-refractivity contribution in [1.82, 2.24) is 0 Å². The molecule has 0 saturated carbocycles. The molecule has 0 radical (unpaired) electrons. The molecule has 1 atom stereocenters. The Hall–Kier alpha value is -1.81. The van der Waals surface area contributed by atoms with Crippen molar-refractivity contribution < 1.29 is 9.90 Å². The van der Waals surface area contributed by atoms with Crippen LogP contribution in [0.15, 0.2) is 46.9 Å². The van der Waals surface area contributed by atoms with Crippen LogP contribution in [0, 0.1) is 0 Å². The van der Waals surface area contributed by atoms with Crippen molar-refractivity contribution >= 4 is 33.3 Å². The molecule has 20 heavy (non-hydrogen) atoms. The molecule has 102 valence electrons. The first kappa shape index (κ1) is 13.2. The molecule has 0 fully saturated rings. The Labute approximate surface area is 126 Å². The molecule has 1 aliphatic rings. The summed E-state index contributed by atoms with van der Waals surface area (Å²) in [6.45, 7) is 2.12. The molecule has 1 unspecified atom stereocenters. The number of nitrogens with zero attached hydrogens (tertiary/aromatic N) is 1. The van der Waals surface area contributed by atoms with E-state index >= 15 is 0 Å². The van der Waals surface area contributed by atoms with E-state index < -0.39 is 5.97 Å². The average molecular weight is 332 g/mol. The minimum atomic E-state index is -0.899. The van der Waals surface area contributed by atoms with Crippen molar-refractivity contribution in [3.63, 3.8) is 0 Å². The summed E-state index contributed by atoms with van der Waals surface area (Å²) in [5.74, 6) is -0.899. The number of carboxylic acid groups (broad SMARTS) is 1. The van der Waals surface area contributed by atoms with Crippen LogP contribution in [-0.4, -0.2) is 17.1 Å². The molecule has 0 bridgehead atoms. The van der Waals surface area contributed by atoms with Gasteiger partial charge in [0.2, 0.25) is 0 Å². The number of halogens is 1. The maximum atomic E-state index is 11.5. The molecule has 0 aliphatic carbocycles. The van der Waals surface area contributed by atoms with Gasteiger partial charge in [0.05, 0.1) is 11.3 Å². The molecule has 3 nitrogen and oxygen atoms in total. The monoisotopic (exact) mass is 331 g/mol. The highest BCUT2D eigenvalue weighted by molar-refractivity contribution is 9.10. The van der Waals surface area contributed by atoms with Gasteiger partial charge in [-0.05, 0) is 43.2 Å². The first-order valence-corrected chi connectivity index (χ1v) is 7.27. The summed E-state index contributed by atoms with van der Waals surface area (Å²) in [6.07, 6.45) is 0.932. The number of rotatable bonds is 2. The van der Waals surface area contributed by atoms with Gasteiger partial charge in [-0.15, -0.1) is 0 Å². The summed E-state index contributed by atoms with van der Waals surface area (Å²) in [5.41, 5.74) is 3.43. The molecule has 2 aromatic carbocycles. The van der Waals surface area contributed by atoms with Crippen LogP contribution in [0.5, 0.6) is 0 Å². The second-order valence-corrected chi connectivity index (χ2v) is 5.93. The number of benzene rings is 2. The zero-order valence-corrected chi connectivity index (χ0v) is 12.6. The maximum Gasteiger partial charge on any atom is 0.337 e. The SMILES string of the molecule is CC1Cc2ccccc2N1c1cc(Br)ccc1C(=O)O. The van der Waals surface area contributed by atoms with Crippen LogP contribution in [0.4, 0.5) is 11.4 Å². The van der Waals surface area contributed by atoms with Gasteiger partial charge >= 0.3 is 5.97 Å². The van der Waals surface area contributed by atoms with Crippen LogP contribution in [0.2, 0.25) is 0 Å². The van der Waals surface area contributed by atoms with Crippen LogP contribution in [0.3, 0.4) is 0 Å². The molecule has 0 amide bonds. The molecule has 4 heteroatoms. The lowest BCUT2D eigenvalue weighted by atomic mass is 10.1. The fraction of sp³-hybridized carbons (Fsp3) is 0.188. The molecule has 1 N–H and O–H groups in total. The highest BCUT2D eigenvalue weighted by atomic mass is 79.9. The molecule has 3 rings (SSSR count). The van der Waals surface area contributed by atoms with Gasteiger partial charge in [-0.3, -0.25) is 0 Å². The molecule has 0 aromatic heterocycles. The number of carboxylic acids is 1. The molecule has 0 spiro atoms. The second kappa shape index (κ2) is 4.94. The lowest BCUT2D eigenvalue weighted by Crippen LogP contribution is -2.25. The number of hydrogen-bond acceptors (Lipinski definition) is 2. The molecule has 0 saturated heterocycles. The Bertz CT molecular complexity index is 684. The zero-order valence-electron chi connectivity index (χ0n) is 11.0. The number of carbonyl (C=O) groups is 1. The van der Waals surface area contributed by atoms with Crippen LogP contribution in [0.25, 0.3) is 0 Å². The Morgan fingerprint density at radius 2 is 2.00 bits per heavy atom. The predicted molar refractivity (Wildman–Crippen MR) is 82.8 cm³/mol. The smallest absolute Gasteiger partial charge is 0.337 e. The summed E-state index contributed by atoms with van der Waals surface area (Å²) in [6, 6.07) is 13.7. The number of para-hydroxylation sites is 1. The van der Waals surface area contributed by atoms with Gasteiger partial charge < -0.3 is 10.0 Å². The van der Waals surface area contributed by atoms with Crippen molar-refractivity contribution in [2.45, 2.75) is 19.4 Å². The Kier molecular flexibility index (Phi) is 3.26. The third kappa shape index (κ3) is 2.10. The highest BCUT2D eigenvalue weighted by Crippen LogP contribution is 2.40. The molecular weight excluding hydrogens is 318 g/mol. The largest absolute Gasteiger partial charge is 0.478 e.